The Kier molecular flexibility index (Phi) is 7.02. The Morgan fingerprint density at radius 2 is 1.08 bits per heavy atom. The summed E-state index contributed by atoms with van der Waals surface area (Å²) in [5.74, 6) is 1.72. The van der Waals surface area contributed by atoms with Crippen molar-refractivity contribution in [1.82, 2.24) is 24.5 Å². The zero-order valence-corrected chi connectivity index (χ0v) is 27.0. The molecule has 0 radical (unpaired) electrons. The van der Waals surface area contributed by atoms with Crippen molar-refractivity contribution in [3.05, 3.63) is 164 Å². The number of hydrogen-bond donors (Lipinski definition) is 0. The minimum Gasteiger partial charge on any atom is -0.296 e. The van der Waals surface area contributed by atoms with Gasteiger partial charge < -0.3 is 0 Å². The van der Waals surface area contributed by atoms with Crippen molar-refractivity contribution < 1.29 is 0 Å². The van der Waals surface area contributed by atoms with Crippen LogP contribution >= 0.6 is 0 Å². The van der Waals surface area contributed by atoms with Gasteiger partial charge in [0.15, 0.2) is 5.82 Å². The lowest BCUT2D eigenvalue weighted by Gasteiger charge is -2.13. The van der Waals surface area contributed by atoms with Crippen LogP contribution < -0.4 is 0 Å². The lowest BCUT2D eigenvalue weighted by atomic mass is 9.97. The zero-order valence-electron chi connectivity index (χ0n) is 27.0. The number of benzene rings is 6. The minimum absolute atomic E-state index is 0.700. The Labute approximate surface area is 284 Å². The number of nitrogens with zero attached hydrogens (tertiary/aromatic N) is 5. The van der Waals surface area contributed by atoms with Crippen molar-refractivity contribution in [2.24, 2.45) is 0 Å². The third-order valence-corrected chi connectivity index (χ3v) is 9.17. The van der Waals surface area contributed by atoms with E-state index < -0.39 is 0 Å². The fourth-order valence-electron chi connectivity index (χ4n) is 6.81. The number of pyridine rings is 1. The lowest BCUT2D eigenvalue weighted by molar-refractivity contribution is 0.908. The Bertz CT molecular complexity index is 2550. The molecule has 3 heterocycles. The molecule has 0 bridgehead atoms. The molecule has 0 spiro atoms. The average molecular weight is 630 g/mol. The molecule has 3 aromatic heterocycles. The summed E-state index contributed by atoms with van der Waals surface area (Å²) in [4.78, 5) is 20.6. The molecule has 49 heavy (non-hydrogen) atoms. The van der Waals surface area contributed by atoms with Crippen molar-refractivity contribution in [3.63, 3.8) is 0 Å². The number of fused-ring (bicyclic) bond motifs is 5. The smallest absolute Gasteiger partial charge is 0.160 e. The van der Waals surface area contributed by atoms with Crippen molar-refractivity contribution in [2.45, 2.75) is 13.3 Å². The first-order chi connectivity index (χ1) is 24.2. The summed E-state index contributed by atoms with van der Waals surface area (Å²) >= 11 is 0. The Morgan fingerprint density at radius 1 is 0.490 bits per heavy atom. The molecule has 9 rings (SSSR count). The molecule has 6 aromatic carbocycles. The summed E-state index contributed by atoms with van der Waals surface area (Å²) in [5.41, 5.74) is 10.9. The van der Waals surface area contributed by atoms with Crippen molar-refractivity contribution >= 4 is 32.7 Å². The van der Waals surface area contributed by atoms with E-state index in [4.69, 9.17) is 19.9 Å². The summed E-state index contributed by atoms with van der Waals surface area (Å²) in [7, 11) is 0. The van der Waals surface area contributed by atoms with Gasteiger partial charge in [-0.1, -0.05) is 134 Å². The van der Waals surface area contributed by atoms with E-state index in [1.165, 1.54) is 0 Å². The Morgan fingerprint density at radius 3 is 1.78 bits per heavy atom. The van der Waals surface area contributed by atoms with Crippen molar-refractivity contribution in [3.8, 4) is 50.8 Å². The monoisotopic (exact) mass is 629 g/mol. The van der Waals surface area contributed by atoms with Gasteiger partial charge in [0.2, 0.25) is 0 Å². The van der Waals surface area contributed by atoms with E-state index in [0.717, 1.165) is 90.0 Å². The fourth-order valence-corrected chi connectivity index (χ4v) is 6.81. The molecule has 0 aliphatic heterocycles. The highest BCUT2D eigenvalue weighted by atomic mass is 15.1. The molecule has 0 aliphatic rings. The third-order valence-electron chi connectivity index (χ3n) is 9.17. The molecule has 0 fully saturated rings. The maximum absolute atomic E-state index is 5.30. The molecule has 0 saturated carbocycles. The summed E-state index contributed by atoms with van der Waals surface area (Å²) in [6.07, 6.45) is 0.810. The summed E-state index contributed by atoms with van der Waals surface area (Å²) in [5, 5.41) is 3.33. The van der Waals surface area contributed by atoms with Crippen molar-refractivity contribution in [1.29, 1.82) is 0 Å². The van der Waals surface area contributed by atoms with Gasteiger partial charge in [0, 0.05) is 45.1 Å². The average Bonchev–Trinajstić information content (AvgIpc) is 3.57. The van der Waals surface area contributed by atoms with Gasteiger partial charge >= 0.3 is 0 Å². The van der Waals surface area contributed by atoms with E-state index in [0.29, 0.717) is 5.82 Å². The molecule has 0 atom stereocenters. The lowest BCUT2D eigenvalue weighted by Crippen LogP contribution is -1.99. The second-order valence-electron chi connectivity index (χ2n) is 12.2. The first kappa shape index (κ1) is 28.7. The summed E-state index contributed by atoms with van der Waals surface area (Å²) < 4.78 is 2.28. The van der Waals surface area contributed by atoms with E-state index in [1.54, 1.807) is 0 Å². The van der Waals surface area contributed by atoms with Gasteiger partial charge in [-0.3, -0.25) is 4.57 Å². The van der Waals surface area contributed by atoms with Gasteiger partial charge in [0.05, 0.1) is 33.6 Å². The van der Waals surface area contributed by atoms with E-state index in [1.807, 2.05) is 42.5 Å². The molecular formula is C44H31N5. The van der Waals surface area contributed by atoms with Crippen LogP contribution in [0.4, 0.5) is 0 Å². The quantitative estimate of drug-likeness (QED) is 0.172. The highest BCUT2D eigenvalue weighted by Gasteiger charge is 2.19. The van der Waals surface area contributed by atoms with Crippen LogP contribution in [0.25, 0.3) is 83.6 Å². The molecule has 232 valence electrons. The molecule has 0 aliphatic carbocycles. The van der Waals surface area contributed by atoms with E-state index >= 15 is 0 Å². The molecule has 5 heteroatoms. The second kappa shape index (κ2) is 12.0. The van der Waals surface area contributed by atoms with E-state index in [-0.39, 0.29) is 0 Å². The van der Waals surface area contributed by atoms with Crippen molar-refractivity contribution in [2.75, 3.05) is 0 Å². The molecule has 0 unspecified atom stereocenters. The number of imidazole rings is 1. The van der Waals surface area contributed by atoms with Gasteiger partial charge in [-0.25, -0.2) is 19.9 Å². The van der Waals surface area contributed by atoms with Crippen LogP contribution in [0.15, 0.2) is 158 Å². The van der Waals surface area contributed by atoms with Gasteiger partial charge in [-0.2, -0.15) is 0 Å². The van der Waals surface area contributed by atoms with E-state index in [2.05, 4.69) is 127 Å². The Balaban J connectivity index is 1.23. The molecular weight excluding hydrogens is 599 g/mol. The molecule has 0 saturated heterocycles. The van der Waals surface area contributed by atoms with Gasteiger partial charge in [-0.05, 0) is 35.7 Å². The van der Waals surface area contributed by atoms with E-state index in [9.17, 15) is 0 Å². The normalized spacial score (nSPS) is 11.4. The van der Waals surface area contributed by atoms with Crippen LogP contribution in [0.1, 0.15) is 12.7 Å². The highest BCUT2D eigenvalue weighted by Crippen LogP contribution is 2.39. The molecule has 5 nitrogen and oxygen atoms in total. The zero-order chi connectivity index (χ0) is 32.7. The maximum Gasteiger partial charge on any atom is 0.160 e. The van der Waals surface area contributed by atoms with Crippen LogP contribution in [0, 0.1) is 0 Å². The van der Waals surface area contributed by atoms with Crippen LogP contribution in [0.2, 0.25) is 0 Å². The SMILES string of the molecule is CCc1nc2c3c(-c4ccc(-c5cc(-c6ccccc6)nc(-c6ccccc6)n5)cc4)nc4ccccc4c3ccc2n1-c1ccccc1. The molecule has 9 aromatic rings. The van der Waals surface area contributed by atoms with Gasteiger partial charge in [0.25, 0.3) is 0 Å². The standard InChI is InChI=1S/C44H31N5/c1-2-40-48-43-39(49(40)33-18-10-5-11-19-33)27-26-35-34-20-12-13-21-36(34)45-42(41(35)43)31-24-22-30(23-25-31)38-28-37(29-14-6-3-7-15-29)46-44(47-38)32-16-8-4-9-17-32/h3-28H,2H2,1H3. The number of aromatic nitrogens is 5. The van der Waals surface area contributed by atoms with Crippen LogP contribution in [0.3, 0.4) is 0 Å². The summed E-state index contributed by atoms with van der Waals surface area (Å²) in [6.45, 7) is 2.16. The first-order valence-corrected chi connectivity index (χ1v) is 16.6. The Hall–Kier alpha value is -6.46. The molecule has 0 N–H and O–H groups in total. The summed E-state index contributed by atoms with van der Waals surface area (Å²) in [6, 6.07) is 54.4. The maximum atomic E-state index is 5.30. The first-order valence-electron chi connectivity index (χ1n) is 16.6. The number of aryl methyl sites for hydroxylation is 1. The number of hydrogen-bond acceptors (Lipinski definition) is 4. The third kappa shape index (κ3) is 5.04. The molecule has 0 amide bonds. The van der Waals surface area contributed by atoms with Crippen LogP contribution in [-0.2, 0) is 6.42 Å². The predicted octanol–water partition coefficient (Wildman–Crippen LogP) is 10.7. The van der Waals surface area contributed by atoms with Gasteiger partial charge in [0.1, 0.15) is 5.82 Å². The number of para-hydroxylation sites is 2. The second-order valence-corrected chi connectivity index (χ2v) is 12.2. The van der Waals surface area contributed by atoms with Gasteiger partial charge in [-0.15, -0.1) is 0 Å². The highest BCUT2D eigenvalue weighted by molar-refractivity contribution is 6.19. The van der Waals surface area contributed by atoms with Crippen LogP contribution in [0.5, 0.6) is 0 Å². The predicted molar refractivity (Wildman–Crippen MR) is 201 cm³/mol. The van der Waals surface area contributed by atoms with Crippen LogP contribution in [-0.4, -0.2) is 24.5 Å². The fraction of sp³-hybridized carbons (Fsp3) is 0.0455. The number of rotatable bonds is 6. The largest absolute Gasteiger partial charge is 0.296 e. The topological polar surface area (TPSA) is 56.5 Å². The minimum atomic E-state index is 0.700.